The Balaban J connectivity index is 2.11. The van der Waals surface area contributed by atoms with Crippen LogP contribution in [0.4, 0.5) is 0 Å². The van der Waals surface area contributed by atoms with E-state index in [0.29, 0.717) is 11.5 Å². The number of hydrogen-bond acceptors (Lipinski definition) is 1. The van der Waals surface area contributed by atoms with E-state index in [9.17, 15) is 0 Å². The first-order valence-electron chi connectivity index (χ1n) is 7.92. The molecule has 1 unspecified atom stereocenters. The summed E-state index contributed by atoms with van der Waals surface area (Å²) in [6, 6.07) is 9.94. The van der Waals surface area contributed by atoms with Gasteiger partial charge in [-0.2, -0.15) is 0 Å². The van der Waals surface area contributed by atoms with Gasteiger partial charge in [-0.3, -0.25) is 0 Å². The molecule has 0 aromatic heterocycles. The van der Waals surface area contributed by atoms with E-state index in [1.807, 2.05) is 0 Å². The van der Waals surface area contributed by atoms with Gasteiger partial charge in [0.1, 0.15) is 0 Å². The first kappa shape index (κ1) is 14.6. The van der Waals surface area contributed by atoms with E-state index in [0.717, 1.165) is 12.5 Å². The molecule has 0 bridgehead atoms. The fraction of sp³-hybridized carbons (Fsp3) is 0.667. The summed E-state index contributed by atoms with van der Waals surface area (Å²) in [5, 5.41) is 3.72. The van der Waals surface area contributed by atoms with Crippen molar-refractivity contribution in [1.29, 1.82) is 0 Å². The van der Waals surface area contributed by atoms with Crippen molar-refractivity contribution in [3.63, 3.8) is 0 Å². The predicted octanol–water partition coefficient (Wildman–Crippen LogP) is 4.82. The number of hydrogen-bond donors (Lipinski definition) is 1. The van der Waals surface area contributed by atoms with Crippen LogP contribution in [0.3, 0.4) is 0 Å². The van der Waals surface area contributed by atoms with Gasteiger partial charge in [-0.25, -0.2) is 0 Å². The van der Waals surface area contributed by atoms with Crippen LogP contribution in [-0.2, 0) is 5.41 Å². The molecule has 1 aromatic carbocycles. The summed E-state index contributed by atoms with van der Waals surface area (Å²) < 4.78 is 0. The molecule has 19 heavy (non-hydrogen) atoms. The quantitative estimate of drug-likeness (QED) is 0.740. The van der Waals surface area contributed by atoms with Crippen molar-refractivity contribution in [2.45, 2.75) is 64.8 Å². The second kappa shape index (κ2) is 6.09. The van der Waals surface area contributed by atoms with Gasteiger partial charge in [-0.05, 0) is 54.7 Å². The molecule has 0 heterocycles. The third-order valence-corrected chi connectivity index (χ3v) is 4.64. The van der Waals surface area contributed by atoms with Gasteiger partial charge in [0.05, 0.1) is 0 Å². The molecular formula is C18H29N. The van der Waals surface area contributed by atoms with Crippen molar-refractivity contribution in [3.05, 3.63) is 35.4 Å². The average Bonchev–Trinajstić information content (AvgIpc) is 3.24. The number of nitrogens with one attached hydrogen (secondary N) is 1. The van der Waals surface area contributed by atoms with Gasteiger partial charge >= 0.3 is 0 Å². The zero-order chi connectivity index (χ0) is 13.9. The summed E-state index contributed by atoms with van der Waals surface area (Å²) >= 11 is 0. The van der Waals surface area contributed by atoms with Crippen molar-refractivity contribution >= 4 is 0 Å². The van der Waals surface area contributed by atoms with Crippen molar-refractivity contribution in [1.82, 2.24) is 5.32 Å². The highest BCUT2D eigenvalue weighted by molar-refractivity contribution is 5.30. The topological polar surface area (TPSA) is 12.0 Å². The lowest BCUT2D eigenvalue weighted by Crippen LogP contribution is -2.24. The van der Waals surface area contributed by atoms with Crippen molar-refractivity contribution in [2.75, 3.05) is 6.54 Å². The molecule has 0 saturated heterocycles. The zero-order valence-corrected chi connectivity index (χ0v) is 13.0. The van der Waals surface area contributed by atoms with E-state index in [-0.39, 0.29) is 0 Å². The minimum atomic E-state index is 0.296. The van der Waals surface area contributed by atoms with Crippen LogP contribution in [0.15, 0.2) is 24.3 Å². The molecule has 0 amide bonds. The molecule has 0 radical (unpaired) electrons. The van der Waals surface area contributed by atoms with E-state index < -0.39 is 0 Å². The van der Waals surface area contributed by atoms with Crippen LogP contribution in [0.2, 0.25) is 0 Å². The van der Waals surface area contributed by atoms with Crippen molar-refractivity contribution in [3.8, 4) is 0 Å². The molecule has 2 rings (SSSR count). The van der Waals surface area contributed by atoms with Crippen LogP contribution in [0.5, 0.6) is 0 Å². The fourth-order valence-corrected chi connectivity index (χ4v) is 2.63. The summed E-state index contributed by atoms with van der Waals surface area (Å²) in [7, 11) is 0. The van der Waals surface area contributed by atoms with Gasteiger partial charge in [-0.15, -0.1) is 0 Å². The van der Waals surface area contributed by atoms with Crippen LogP contribution >= 0.6 is 0 Å². The fourth-order valence-electron chi connectivity index (χ4n) is 2.63. The highest BCUT2D eigenvalue weighted by Crippen LogP contribution is 2.41. The van der Waals surface area contributed by atoms with Crippen LogP contribution < -0.4 is 5.32 Å². The maximum absolute atomic E-state index is 3.72. The molecular weight excluding hydrogens is 230 g/mol. The molecule has 1 heteroatoms. The van der Waals surface area contributed by atoms with Crippen LogP contribution in [0.1, 0.15) is 70.5 Å². The lowest BCUT2D eigenvalue weighted by molar-refractivity contribution is 0.479. The Morgan fingerprint density at radius 1 is 1.16 bits per heavy atom. The molecule has 0 spiro atoms. The predicted molar refractivity (Wildman–Crippen MR) is 83.5 cm³/mol. The van der Waals surface area contributed by atoms with Gasteiger partial charge < -0.3 is 5.32 Å². The Morgan fingerprint density at radius 3 is 2.26 bits per heavy atom. The Kier molecular flexibility index (Phi) is 4.67. The minimum absolute atomic E-state index is 0.296. The van der Waals surface area contributed by atoms with E-state index in [1.54, 1.807) is 0 Å². The third kappa shape index (κ3) is 3.60. The normalized spacial score (nSPS) is 17.5. The summed E-state index contributed by atoms with van der Waals surface area (Å²) in [5.74, 6) is 0.872. The van der Waals surface area contributed by atoms with E-state index in [2.05, 4.69) is 57.3 Å². The van der Waals surface area contributed by atoms with Crippen molar-refractivity contribution in [2.24, 2.45) is 5.92 Å². The minimum Gasteiger partial charge on any atom is -0.310 e. The molecule has 1 aliphatic rings. The van der Waals surface area contributed by atoms with E-state index in [1.165, 1.54) is 36.8 Å². The lowest BCUT2D eigenvalue weighted by Gasteiger charge is -2.25. The molecule has 1 nitrogen and oxygen atoms in total. The highest BCUT2D eigenvalue weighted by Gasteiger charge is 2.31. The SMILES string of the molecule is CCCNC(c1ccc(C(C)(C)CC)cc1)C1CC1. The van der Waals surface area contributed by atoms with Crippen LogP contribution in [0, 0.1) is 5.92 Å². The van der Waals surface area contributed by atoms with Gasteiger partial charge in [0.25, 0.3) is 0 Å². The Hall–Kier alpha value is -0.820. The highest BCUT2D eigenvalue weighted by atomic mass is 14.9. The molecule has 1 atom stereocenters. The summed E-state index contributed by atoms with van der Waals surface area (Å²) in [6.45, 7) is 10.3. The molecule has 0 aliphatic heterocycles. The molecule has 1 N–H and O–H groups in total. The van der Waals surface area contributed by atoms with Gasteiger partial charge in [-0.1, -0.05) is 52.0 Å². The monoisotopic (exact) mass is 259 g/mol. The summed E-state index contributed by atoms with van der Waals surface area (Å²) in [4.78, 5) is 0. The van der Waals surface area contributed by atoms with Gasteiger partial charge in [0.2, 0.25) is 0 Å². The molecule has 1 saturated carbocycles. The zero-order valence-electron chi connectivity index (χ0n) is 13.0. The second-order valence-corrected chi connectivity index (χ2v) is 6.63. The van der Waals surface area contributed by atoms with E-state index in [4.69, 9.17) is 0 Å². The largest absolute Gasteiger partial charge is 0.310 e. The van der Waals surface area contributed by atoms with E-state index >= 15 is 0 Å². The first-order chi connectivity index (χ1) is 9.08. The third-order valence-electron chi connectivity index (χ3n) is 4.64. The first-order valence-corrected chi connectivity index (χ1v) is 7.92. The number of rotatable bonds is 7. The Morgan fingerprint density at radius 2 is 1.79 bits per heavy atom. The maximum atomic E-state index is 3.72. The van der Waals surface area contributed by atoms with Gasteiger partial charge in [0, 0.05) is 6.04 Å². The Bertz CT molecular complexity index is 387. The maximum Gasteiger partial charge on any atom is 0.0348 e. The molecule has 1 fully saturated rings. The summed E-state index contributed by atoms with van der Waals surface area (Å²) in [5.41, 5.74) is 3.24. The molecule has 1 aliphatic carbocycles. The number of benzene rings is 1. The molecule has 1 aromatic rings. The smallest absolute Gasteiger partial charge is 0.0348 e. The molecule has 106 valence electrons. The summed E-state index contributed by atoms with van der Waals surface area (Å²) in [6.07, 6.45) is 5.18. The van der Waals surface area contributed by atoms with Crippen LogP contribution in [-0.4, -0.2) is 6.54 Å². The average molecular weight is 259 g/mol. The van der Waals surface area contributed by atoms with Crippen molar-refractivity contribution < 1.29 is 0 Å². The Labute approximate surface area is 118 Å². The lowest BCUT2D eigenvalue weighted by atomic mass is 9.81. The van der Waals surface area contributed by atoms with Gasteiger partial charge in [0.15, 0.2) is 0 Å². The second-order valence-electron chi connectivity index (χ2n) is 6.63. The standard InChI is InChI=1S/C18H29N/c1-5-13-19-17(14-7-8-14)15-9-11-16(12-10-15)18(3,4)6-2/h9-12,14,17,19H,5-8,13H2,1-4H3. The van der Waals surface area contributed by atoms with Crippen LogP contribution in [0.25, 0.3) is 0 Å².